The highest BCUT2D eigenvalue weighted by Gasteiger charge is 2.15. The van der Waals surface area contributed by atoms with E-state index >= 15 is 0 Å². The van der Waals surface area contributed by atoms with Gasteiger partial charge in [-0.05, 0) is 24.3 Å². The van der Waals surface area contributed by atoms with Crippen LogP contribution in [0.15, 0.2) is 36.5 Å². The first kappa shape index (κ1) is 11.5. The van der Waals surface area contributed by atoms with Crippen molar-refractivity contribution in [2.24, 2.45) is 0 Å². The molecular formula is C11H9ClFN3O. The maximum absolute atomic E-state index is 12.9. The molecule has 0 spiro atoms. The number of hydrogen-bond acceptors (Lipinski definition) is 2. The largest absolute Gasteiger partial charge is 0.339 e. The third kappa shape index (κ3) is 2.39. The smallest absolute Gasteiger partial charge is 0.275 e. The van der Waals surface area contributed by atoms with Crippen molar-refractivity contribution in [2.75, 3.05) is 11.2 Å². The summed E-state index contributed by atoms with van der Waals surface area (Å²) in [6.07, 6.45) is 1.46. The molecule has 1 amide bonds. The van der Waals surface area contributed by atoms with Gasteiger partial charge in [0.15, 0.2) is 0 Å². The average Bonchev–Trinajstić information content (AvgIpc) is 2.58. The Morgan fingerprint density at radius 1 is 1.41 bits per heavy atom. The quantitative estimate of drug-likeness (QED) is 0.807. The number of nitrogen functional groups attached to an aromatic ring is 1. The van der Waals surface area contributed by atoms with Crippen LogP contribution in [-0.2, 0) is 0 Å². The van der Waals surface area contributed by atoms with E-state index in [2.05, 4.69) is 5.32 Å². The van der Waals surface area contributed by atoms with Crippen molar-refractivity contribution >= 4 is 23.2 Å². The SMILES string of the molecule is Nn1ccc(Cl)c1C(=O)Nc1cccc(F)c1. The van der Waals surface area contributed by atoms with E-state index in [-0.39, 0.29) is 10.7 Å². The molecule has 1 aromatic heterocycles. The Labute approximate surface area is 102 Å². The Hall–Kier alpha value is -2.01. The van der Waals surface area contributed by atoms with Gasteiger partial charge in [0.25, 0.3) is 5.91 Å². The number of halogens is 2. The van der Waals surface area contributed by atoms with Crippen LogP contribution in [0.2, 0.25) is 5.02 Å². The van der Waals surface area contributed by atoms with Gasteiger partial charge in [-0.3, -0.25) is 9.47 Å². The lowest BCUT2D eigenvalue weighted by Crippen LogP contribution is -2.21. The Bertz CT molecular complexity index is 548. The molecule has 0 aliphatic carbocycles. The maximum Gasteiger partial charge on any atom is 0.275 e. The molecule has 1 heterocycles. The fourth-order valence-electron chi connectivity index (χ4n) is 1.40. The van der Waals surface area contributed by atoms with Crippen LogP contribution in [-0.4, -0.2) is 10.6 Å². The van der Waals surface area contributed by atoms with Crippen LogP contribution in [0.25, 0.3) is 0 Å². The molecular weight excluding hydrogens is 245 g/mol. The number of aromatic nitrogens is 1. The second-order valence-electron chi connectivity index (χ2n) is 3.38. The molecule has 2 rings (SSSR count). The first-order valence-electron chi connectivity index (χ1n) is 4.77. The number of amides is 1. The van der Waals surface area contributed by atoms with Crippen LogP contribution < -0.4 is 11.2 Å². The van der Waals surface area contributed by atoms with Crippen molar-refractivity contribution in [1.29, 1.82) is 0 Å². The van der Waals surface area contributed by atoms with Gasteiger partial charge >= 0.3 is 0 Å². The summed E-state index contributed by atoms with van der Waals surface area (Å²) in [6.45, 7) is 0. The third-order valence-electron chi connectivity index (χ3n) is 2.16. The fraction of sp³-hybridized carbons (Fsp3) is 0. The molecule has 4 nitrogen and oxygen atoms in total. The summed E-state index contributed by atoms with van der Waals surface area (Å²) in [5.41, 5.74) is 0.461. The number of benzene rings is 1. The van der Waals surface area contributed by atoms with Crippen LogP contribution in [0, 0.1) is 5.82 Å². The molecule has 0 radical (unpaired) electrons. The van der Waals surface area contributed by atoms with Gasteiger partial charge < -0.3 is 11.2 Å². The summed E-state index contributed by atoms with van der Waals surface area (Å²) in [4.78, 5) is 11.8. The van der Waals surface area contributed by atoms with Gasteiger partial charge in [-0.15, -0.1) is 0 Å². The highest BCUT2D eigenvalue weighted by Crippen LogP contribution is 2.17. The van der Waals surface area contributed by atoms with E-state index in [0.717, 1.165) is 4.68 Å². The lowest BCUT2D eigenvalue weighted by molar-refractivity contribution is 0.102. The number of nitrogens with two attached hydrogens (primary N) is 1. The Morgan fingerprint density at radius 2 is 2.18 bits per heavy atom. The van der Waals surface area contributed by atoms with Gasteiger partial charge in [-0.25, -0.2) is 4.39 Å². The maximum atomic E-state index is 12.9. The molecule has 0 fully saturated rings. The van der Waals surface area contributed by atoms with Gasteiger partial charge in [-0.1, -0.05) is 17.7 Å². The molecule has 0 atom stereocenters. The van der Waals surface area contributed by atoms with E-state index in [4.69, 9.17) is 17.4 Å². The molecule has 1 aromatic carbocycles. The van der Waals surface area contributed by atoms with Crippen molar-refractivity contribution in [2.45, 2.75) is 0 Å². The van der Waals surface area contributed by atoms with Crippen molar-refractivity contribution < 1.29 is 9.18 Å². The first-order valence-corrected chi connectivity index (χ1v) is 5.14. The van der Waals surface area contributed by atoms with Crippen molar-refractivity contribution in [3.05, 3.63) is 53.1 Å². The summed E-state index contributed by atoms with van der Waals surface area (Å²) in [7, 11) is 0. The average molecular weight is 254 g/mol. The molecule has 0 saturated heterocycles. The monoisotopic (exact) mass is 253 g/mol. The number of anilines is 1. The zero-order chi connectivity index (χ0) is 12.4. The number of nitrogens with zero attached hydrogens (tertiary/aromatic N) is 1. The van der Waals surface area contributed by atoms with Crippen LogP contribution in [0.1, 0.15) is 10.5 Å². The van der Waals surface area contributed by atoms with Gasteiger partial charge in [0.1, 0.15) is 11.5 Å². The number of hydrogen-bond donors (Lipinski definition) is 2. The topological polar surface area (TPSA) is 60.0 Å². The van der Waals surface area contributed by atoms with Crippen molar-refractivity contribution in [3.8, 4) is 0 Å². The fourth-order valence-corrected chi connectivity index (χ4v) is 1.64. The summed E-state index contributed by atoms with van der Waals surface area (Å²) in [5, 5.41) is 2.74. The highest BCUT2D eigenvalue weighted by atomic mass is 35.5. The minimum atomic E-state index is -0.492. The number of nitrogens with one attached hydrogen (secondary N) is 1. The minimum absolute atomic E-state index is 0.121. The van der Waals surface area contributed by atoms with Crippen LogP contribution in [0.5, 0.6) is 0 Å². The van der Waals surface area contributed by atoms with E-state index in [9.17, 15) is 9.18 Å². The van der Waals surface area contributed by atoms with Crippen molar-refractivity contribution in [1.82, 2.24) is 4.68 Å². The molecule has 88 valence electrons. The lowest BCUT2D eigenvalue weighted by atomic mass is 10.3. The predicted octanol–water partition coefficient (Wildman–Crippen LogP) is 2.25. The number of rotatable bonds is 2. The molecule has 0 unspecified atom stereocenters. The molecule has 6 heteroatoms. The Balaban J connectivity index is 2.23. The van der Waals surface area contributed by atoms with E-state index in [0.29, 0.717) is 5.69 Å². The summed E-state index contributed by atoms with van der Waals surface area (Å²) >= 11 is 5.80. The third-order valence-corrected chi connectivity index (χ3v) is 2.47. The second-order valence-corrected chi connectivity index (χ2v) is 3.79. The van der Waals surface area contributed by atoms with Crippen LogP contribution in [0.3, 0.4) is 0 Å². The molecule has 0 aliphatic heterocycles. The molecule has 3 N–H and O–H groups in total. The standard InChI is InChI=1S/C11H9ClFN3O/c12-9-4-5-16(14)10(9)11(17)15-8-3-1-2-7(13)6-8/h1-6H,14H2,(H,15,17). The zero-order valence-corrected chi connectivity index (χ0v) is 9.41. The van der Waals surface area contributed by atoms with Crippen LogP contribution in [0.4, 0.5) is 10.1 Å². The zero-order valence-electron chi connectivity index (χ0n) is 8.65. The van der Waals surface area contributed by atoms with Crippen LogP contribution >= 0.6 is 11.6 Å². The Kier molecular flexibility index (Phi) is 3.01. The minimum Gasteiger partial charge on any atom is -0.339 e. The van der Waals surface area contributed by atoms with Gasteiger partial charge in [-0.2, -0.15) is 0 Å². The first-order chi connectivity index (χ1) is 8.08. The Morgan fingerprint density at radius 3 is 2.76 bits per heavy atom. The van der Waals surface area contributed by atoms with Gasteiger partial charge in [0.05, 0.1) is 5.02 Å². The van der Waals surface area contributed by atoms with Crippen molar-refractivity contribution in [3.63, 3.8) is 0 Å². The summed E-state index contributed by atoms with van der Waals surface area (Å²) in [5.74, 6) is 4.60. The summed E-state index contributed by atoms with van der Waals surface area (Å²) < 4.78 is 14.0. The molecule has 0 saturated carbocycles. The van der Waals surface area contributed by atoms with Gasteiger partial charge in [0, 0.05) is 11.9 Å². The number of carbonyl (C=O) groups is 1. The highest BCUT2D eigenvalue weighted by molar-refractivity contribution is 6.34. The molecule has 2 aromatic rings. The molecule has 0 aliphatic rings. The number of carbonyl (C=O) groups excluding carboxylic acids is 1. The molecule has 17 heavy (non-hydrogen) atoms. The summed E-state index contributed by atoms with van der Waals surface area (Å²) in [6, 6.07) is 7.05. The lowest BCUT2D eigenvalue weighted by Gasteiger charge is -2.06. The normalized spacial score (nSPS) is 10.2. The van der Waals surface area contributed by atoms with E-state index in [1.165, 1.54) is 30.5 Å². The van der Waals surface area contributed by atoms with Gasteiger partial charge in [0.2, 0.25) is 0 Å². The molecule has 0 bridgehead atoms. The second kappa shape index (κ2) is 4.47. The van der Waals surface area contributed by atoms with E-state index in [1.807, 2.05) is 0 Å². The van der Waals surface area contributed by atoms with E-state index < -0.39 is 11.7 Å². The predicted molar refractivity (Wildman–Crippen MR) is 63.9 cm³/mol. The van der Waals surface area contributed by atoms with E-state index in [1.54, 1.807) is 6.07 Å².